The van der Waals surface area contributed by atoms with Crippen molar-refractivity contribution in [2.75, 3.05) is 0 Å². The van der Waals surface area contributed by atoms with Crippen LogP contribution in [0, 0.1) is 6.66 Å². The molecule has 0 aliphatic heterocycles. The summed E-state index contributed by atoms with van der Waals surface area (Å²) in [4.78, 5) is 0. The van der Waals surface area contributed by atoms with E-state index in [0.29, 0.717) is 0 Å². The van der Waals surface area contributed by atoms with E-state index in [1.54, 1.807) is 0 Å². The average molecular weight is 490 g/mol. The fourth-order valence-electron chi connectivity index (χ4n) is 3.48. The molecule has 0 spiro atoms. The van der Waals surface area contributed by atoms with Crippen LogP contribution in [0.2, 0.25) is 0 Å². The maximum absolute atomic E-state index is 4.94. The molecule has 0 nitrogen and oxygen atoms in total. The predicted molar refractivity (Wildman–Crippen MR) is 121 cm³/mol. The minimum atomic E-state index is -1.63. The van der Waals surface area contributed by atoms with Crippen LogP contribution in [-0.2, 0) is 29.0 Å². The van der Waals surface area contributed by atoms with Gasteiger partial charge in [-0.1, -0.05) is 54.9 Å². The van der Waals surface area contributed by atoms with Crippen molar-refractivity contribution in [3.05, 3.63) is 36.0 Å². The molecule has 3 heteroatoms. The second-order valence-electron chi connectivity index (χ2n) is 11.4. The van der Waals surface area contributed by atoms with Crippen LogP contribution in [0.3, 0.4) is 0 Å². The van der Waals surface area contributed by atoms with E-state index in [-0.39, 0.29) is 21.1 Å². The molecule has 0 saturated carbocycles. The molecule has 0 N–H and O–H groups in total. The van der Waals surface area contributed by atoms with Crippen molar-refractivity contribution in [1.29, 1.82) is 0 Å². The van der Waals surface area contributed by atoms with E-state index in [2.05, 4.69) is 129 Å². The number of hydrogen-bond acceptors (Lipinski definition) is 0. The van der Waals surface area contributed by atoms with Gasteiger partial charge in [0.25, 0.3) is 0 Å². The van der Waals surface area contributed by atoms with Crippen LogP contribution in [-0.4, -0.2) is 10.3 Å². The summed E-state index contributed by atoms with van der Waals surface area (Å²) < 4.78 is 0. The molecule has 0 amide bonds. The van der Waals surface area contributed by atoms with Crippen LogP contribution in [0.5, 0.6) is 0 Å². The van der Waals surface area contributed by atoms with Crippen LogP contribution in [0.4, 0.5) is 0 Å². The Morgan fingerprint density at radius 3 is 1.12 bits per heavy atom. The zero-order chi connectivity index (χ0) is 21.4. The van der Waals surface area contributed by atoms with Gasteiger partial charge in [0.15, 0.2) is 0 Å². The molecule has 1 rings (SSSR count). The van der Waals surface area contributed by atoms with Crippen molar-refractivity contribution in [2.45, 2.75) is 104 Å². The van der Waals surface area contributed by atoms with E-state index in [9.17, 15) is 0 Å². The van der Waals surface area contributed by atoms with Crippen molar-refractivity contribution < 1.29 is 18.2 Å². The summed E-state index contributed by atoms with van der Waals surface area (Å²) >= 11 is 2.22. The van der Waals surface area contributed by atoms with Gasteiger partial charge in [0.05, 0.1) is 15.6 Å². The van der Waals surface area contributed by atoms with E-state index >= 15 is 0 Å². The Balaban J connectivity index is 0.00000301. The van der Waals surface area contributed by atoms with E-state index in [1.807, 2.05) is 0 Å². The molecule has 0 fully saturated rings. The Morgan fingerprint density at radius 1 is 0.654 bits per heavy atom. The van der Waals surface area contributed by atoms with Gasteiger partial charge in [-0.25, -0.2) is 0 Å². The molecule has 154 valence electrons. The van der Waals surface area contributed by atoms with Crippen molar-refractivity contribution in [1.82, 2.24) is 0 Å². The summed E-state index contributed by atoms with van der Waals surface area (Å²) in [6.45, 7) is 33.1. The Morgan fingerprint density at radius 2 is 0.923 bits per heavy atom. The monoisotopic (exact) mass is 489 g/mol. The van der Waals surface area contributed by atoms with Gasteiger partial charge in [-0.15, -0.1) is 0 Å². The van der Waals surface area contributed by atoms with Gasteiger partial charge in [0, 0.05) is 0 Å². The molecule has 0 unspecified atom stereocenters. The maximum atomic E-state index is 4.94. The molecular formula is C23H41ClPPd+. The average Bonchev–Trinajstić information content (AvgIpc) is 2.43. The standard InChI is InChI=1S/C23H41P.ClH.Pd/c1-20(2,3)17-14-18(21(4,5)6)16-19(15-17)24(13,22(7,8)9)23(10,11)12;;/h14-16H,13H2,1-12H3;1H;/q;;+2/p-1. The fourth-order valence-corrected chi connectivity index (χ4v) is 7.76. The third-order valence-electron chi connectivity index (χ3n) is 5.38. The summed E-state index contributed by atoms with van der Waals surface area (Å²) in [5, 5.41) is 1.84. The first-order chi connectivity index (χ1) is 11.3. The van der Waals surface area contributed by atoms with Crippen molar-refractivity contribution in [2.24, 2.45) is 0 Å². The second kappa shape index (κ2) is 8.54. The Bertz CT molecular complexity index is 546. The van der Waals surface area contributed by atoms with E-state index in [0.717, 1.165) is 0 Å². The molecular weight excluding hydrogens is 449 g/mol. The molecule has 1 aromatic rings. The van der Waals surface area contributed by atoms with Crippen LogP contribution in [0.15, 0.2) is 18.2 Å². The van der Waals surface area contributed by atoms with Crippen LogP contribution < -0.4 is 5.30 Å². The molecule has 1 aromatic carbocycles. The number of benzene rings is 1. The Labute approximate surface area is 180 Å². The number of hydrogen-bond donors (Lipinski definition) is 0. The van der Waals surface area contributed by atoms with Gasteiger partial charge in [0.2, 0.25) is 0 Å². The molecule has 0 atom stereocenters. The normalized spacial score (nSPS) is 14.0. The Hall–Kier alpha value is 0.602. The number of rotatable bonds is 1. The van der Waals surface area contributed by atoms with Crippen LogP contribution in [0.1, 0.15) is 94.2 Å². The number of halogens is 1. The van der Waals surface area contributed by atoms with Crippen molar-refractivity contribution in [3.63, 3.8) is 0 Å². The van der Waals surface area contributed by atoms with Gasteiger partial charge in [-0.3, -0.25) is 0 Å². The summed E-state index contributed by atoms with van der Waals surface area (Å²) in [5.41, 5.74) is 3.17. The molecule has 0 heterocycles. The first-order valence-electron chi connectivity index (χ1n) is 9.34. The Kier molecular flexibility index (Phi) is 8.74. The molecule has 0 aliphatic rings. The molecule has 0 bridgehead atoms. The van der Waals surface area contributed by atoms with Gasteiger partial charge in [-0.2, -0.15) is 6.66 Å². The third-order valence-corrected chi connectivity index (χ3v) is 11.1. The van der Waals surface area contributed by atoms with E-state index < -0.39 is 7.26 Å². The minimum absolute atomic E-state index is 0.149. The quantitative estimate of drug-likeness (QED) is 0.213. The predicted octanol–water partition coefficient (Wildman–Crippen LogP) is 8.00. The summed E-state index contributed by atoms with van der Waals surface area (Å²) in [5.74, 6) is 0. The van der Waals surface area contributed by atoms with Gasteiger partial charge in [0.1, 0.15) is 0 Å². The third kappa shape index (κ3) is 5.80. The van der Waals surface area contributed by atoms with Crippen LogP contribution in [0.25, 0.3) is 0 Å². The van der Waals surface area contributed by atoms with E-state index in [1.165, 1.54) is 16.4 Å². The summed E-state index contributed by atoms with van der Waals surface area (Å²) in [6.07, 6.45) is 0. The second-order valence-corrected chi connectivity index (χ2v) is 16.2. The SMILES string of the molecule is [CH2-][P+](c1cc(C(C)(C)C)cc(C(C)(C)C)c1)(C(C)(C)C)C(C)(C)C.[Cl][Pd+]. The van der Waals surface area contributed by atoms with Crippen LogP contribution >= 0.6 is 16.8 Å². The zero-order valence-corrected chi connectivity index (χ0v) is 22.3. The molecule has 0 saturated heterocycles. The summed E-state index contributed by atoms with van der Waals surface area (Å²) in [6, 6.07) is 7.35. The van der Waals surface area contributed by atoms with Crippen molar-refractivity contribution in [3.8, 4) is 0 Å². The fraction of sp³-hybridized carbons (Fsp3) is 0.696. The van der Waals surface area contributed by atoms with Gasteiger partial charge >= 0.3 is 27.7 Å². The summed E-state index contributed by atoms with van der Waals surface area (Å²) in [7, 11) is 2.86. The van der Waals surface area contributed by atoms with Gasteiger partial charge in [-0.05, 0) is 75.6 Å². The first kappa shape index (κ1) is 26.6. The van der Waals surface area contributed by atoms with E-state index in [4.69, 9.17) is 6.66 Å². The van der Waals surface area contributed by atoms with Crippen molar-refractivity contribution >= 4 is 22.1 Å². The molecule has 0 radical (unpaired) electrons. The van der Waals surface area contributed by atoms with Gasteiger partial charge < -0.3 is 0 Å². The molecule has 0 aromatic heterocycles. The topological polar surface area (TPSA) is 0 Å². The molecule has 0 aliphatic carbocycles. The first-order valence-corrected chi connectivity index (χ1v) is 13.3. The zero-order valence-electron chi connectivity index (χ0n) is 19.1. The molecule has 26 heavy (non-hydrogen) atoms.